The largest absolute Gasteiger partial charge is 0.363 e. The van der Waals surface area contributed by atoms with Crippen molar-refractivity contribution in [3.8, 4) is 0 Å². The number of nitrogens with two attached hydrogens (primary N) is 1. The van der Waals surface area contributed by atoms with Crippen LogP contribution in [-0.2, 0) is 0 Å². The summed E-state index contributed by atoms with van der Waals surface area (Å²) in [5.41, 5.74) is 6.67. The molecule has 5 heteroatoms. The fourth-order valence-electron chi connectivity index (χ4n) is 2.43. The predicted molar refractivity (Wildman–Crippen MR) is 77.6 cm³/mol. The second kappa shape index (κ2) is 6.63. The molecule has 0 amide bonds. The quantitative estimate of drug-likeness (QED) is 0.912. The Morgan fingerprint density at radius 2 is 1.76 bits per heavy atom. The summed E-state index contributed by atoms with van der Waals surface area (Å²) in [4.78, 5) is 1.79. The molecular formula is C16H17F3N2. The Bertz CT molecular complexity index is 616. The summed E-state index contributed by atoms with van der Waals surface area (Å²) < 4.78 is 40.4. The van der Waals surface area contributed by atoms with Crippen LogP contribution in [0, 0.1) is 17.5 Å². The third-order valence-electron chi connectivity index (χ3n) is 3.40. The Hall–Kier alpha value is -2.01. The monoisotopic (exact) mass is 294 g/mol. The van der Waals surface area contributed by atoms with Crippen LogP contribution in [0.25, 0.3) is 0 Å². The third kappa shape index (κ3) is 3.36. The van der Waals surface area contributed by atoms with Gasteiger partial charge in [0.15, 0.2) is 0 Å². The van der Waals surface area contributed by atoms with Crippen molar-refractivity contribution < 1.29 is 13.2 Å². The lowest BCUT2D eigenvalue weighted by atomic mass is 10.0. The van der Waals surface area contributed by atoms with Gasteiger partial charge in [0.2, 0.25) is 0 Å². The Morgan fingerprint density at radius 3 is 2.33 bits per heavy atom. The molecule has 0 aromatic heterocycles. The molecule has 2 rings (SSSR count). The number of benzene rings is 2. The number of nitrogens with zero attached hydrogens (tertiary/aromatic N) is 1. The first kappa shape index (κ1) is 15.4. The van der Waals surface area contributed by atoms with Crippen LogP contribution in [0.5, 0.6) is 0 Å². The molecule has 1 atom stereocenters. The van der Waals surface area contributed by atoms with E-state index in [0.717, 1.165) is 6.07 Å². The van der Waals surface area contributed by atoms with Crippen LogP contribution in [0.3, 0.4) is 0 Å². The van der Waals surface area contributed by atoms with Gasteiger partial charge >= 0.3 is 0 Å². The first-order valence-electron chi connectivity index (χ1n) is 6.74. The van der Waals surface area contributed by atoms with Crippen LogP contribution in [0.1, 0.15) is 18.5 Å². The van der Waals surface area contributed by atoms with Gasteiger partial charge in [0.1, 0.15) is 17.5 Å². The van der Waals surface area contributed by atoms with Gasteiger partial charge in [-0.1, -0.05) is 12.1 Å². The lowest BCUT2D eigenvalue weighted by molar-refractivity contribution is 0.542. The van der Waals surface area contributed by atoms with Gasteiger partial charge in [0.05, 0.1) is 6.04 Å². The van der Waals surface area contributed by atoms with Crippen LogP contribution < -0.4 is 10.6 Å². The van der Waals surface area contributed by atoms with Crippen molar-refractivity contribution >= 4 is 5.69 Å². The van der Waals surface area contributed by atoms with Gasteiger partial charge in [-0.3, -0.25) is 0 Å². The maximum atomic E-state index is 14.0. The fraction of sp³-hybridized carbons (Fsp3) is 0.250. The molecule has 0 bridgehead atoms. The summed E-state index contributed by atoms with van der Waals surface area (Å²) in [5.74, 6) is -1.66. The minimum absolute atomic E-state index is 0.132. The molecule has 2 nitrogen and oxygen atoms in total. The first-order chi connectivity index (χ1) is 10.1. The van der Waals surface area contributed by atoms with Crippen molar-refractivity contribution in [1.29, 1.82) is 0 Å². The standard InChI is InChI=1S/C16H17F3N2/c1-2-21(13-5-3-4-11(17)8-13)16(10-20)14-7-6-12(18)9-15(14)19/h3-9,16H,2,10,20H2,1H3. The van der Waals surface area contributed by atoms with E-state index in [1.165, 1.54) is 24.3 Å². The van der Waals surface area contributed by atoms with Crippen LogP contribution >= 0.6 is 0 Å². The highest BCUT2D eigenvalue weighted by atomic mass is 19.1. The number of hydrogen-bond acceptors (Lipinski definition) is 2. The zero-order chi connectivity index (χ0) is 15.4. The van der Waals surface area contributed by atoms with Crippen LogP contribution in [0.15, 0.2) is 42.5 Å². The van der Waals surface area contributed by atoms with E-state index in [0.29, 0.717) is 17.8 Å². The van der Waals surface area contributed by atoms with E-state index in [4.69, 9.17) is 5.73 Å². The first-order valence-corrected chi connectivity index (χ1v) is 6.74. The van der Waals surface area contributed by atoms with E-state index in [9.17, 15) is 13.2 Å². The topological polar surface area (TPSA) is 29.3 Å². The van der Waals surface area contributed by atoms with Crippen molar-refractivity contribution in [2.24, 2.45) is 5.73 Å². The van der Waals surface area contributed by atoms with Crippen molar-refractivity contribution in [2.45, 2.75) is 13.0 Å². The average molecular weight is 294 g/mol. The van der Waals surface area contributed by atoms with Crippen molar-refractivity contribution in [2.75, 3.05) is 18.0 Å². The smallest absolute Gasteiger partial charge is 0.131 e. The molecule has 0 saturated heterocycles. The molecule has 0 aliphatic heterocycles. The number of likely N-dealkylation sites (N-methyl/N-ethyl adjacent to an activating group) is 1. The fourth-order valence-corrected chi connectivity index (χ4v) is 2.43. The van der Waals surface area contributed by atoms with E-state index < -0.39 is 17.7 Å². The Morgan fingerprint density at radius 1 is 1.05 bits per heavy atom. The maximum Gasteiger partial charge on any atom is 0.131 e. The minimum Gasteiger partial charge on any atom is -0.363 e. The zero-order valence-corrected chi connectivity index (χ0v) is 11.7. The SMILES string of the molecule is CCN(c1cccc(F)c1)C(CN)c1ccc(F)cc1F. The zero-order valence-electron chi connectivity index (χ0n) is 11.7. The van der Waals surface area contributed by atoms with E-state index in [-0.39, 0.29) is 12.4 Å². The normalized spacial score (nSPS) is 12.2. The van der Waals surface area contributed by atoms with Gasteiger partial charge in [-0.2, -0.15) is 0 Å². The molecule has 0 fully saturated rings. The van der Waals surface area contributed by atoms with Gasteiger partial charge in [-0.25, -0.2) is 13.2 Å². The molecule has 0 radical (unpaired) electrons. The summed E-state index contributed by atoms with van der Waals surface area (Å²) >= 11 is 0. The molecular weight excluding hydrogens is 277 g/mol. The number of rotatable bonds is 5. The molecule has 2 N–H and O–H groups in total. The molecule has 1 unspecified atom stereocenters. The van der Waals surface area contributed by atoms with Crippen LogP contribution in [-0.4, -0.2) is 13.1 Å². The second-order valence-corrected chi connectivity index (χ2v) is 4.68. The van der Waals surface area contributed by atoms with Gasteiger partial charge in [-0.15, -0.1) is 0 Å². The van der Waals surface area contributed by atoms with Crippen LogP contribution in [0.4, 0.5) is 18.9 Å². The molecule has 2 aromatic carbocycles. The van der Waals surface area contributed by atoms with Crippen molar-refractivity contribution in [3.63, 3.8) is 0 Å². The third-order valence-corrected chi connectivity index (χ3v) is 3.40. The number of hydrogen-bond donors (Lipinski definition) is 1. The molecule has 0 aliphatic rings. The lowest BCUT2D eigenvalue weighted by Gasteiger charge is -2.32. The predicted octanol–water partition coefficient (Wildman–Crippen LogP) is 3.63. The molecule has 0 heterocycles. The summed E-state index contributed by atoms with van der Waals surface area (Å²) in [5, 5.41) is 0. The van der Waals surface area contributed by atoms with Gasteiger partial charge in [-0.05, 0) is 31.2 Å². The average Bonchev–Trinajstić information content (AvgIpc) is 2.45. The van der Waals surface area contributed by atoms with Crippen molar-refractivity contribution in [3.05, 3.63) is 65.5 Å². The number of halogens is 3. The van der Waals surface area contributed by atoms with Crippen LogP contribution in [0.2, 0.25) is 0 Å². The summed E-state index contributed by atoms with van der Waals surface area (Å²) in [7, 11) is 0. The number of anilines is 1. The molecule has 0 spiro atoms. The summed E-state index contributed by atoms with van der Waals surface area (Å²) in [6.07, 6.45) is 0. The summed E-state index contributed by atoms with van der Waals surface area (Å²) in [6, 6.07) is 8.94. The van der Waals surface area contributed by atoms with E-state index in [2.05, 4.69) is 0 Å². The summed E-state index contributed by atoms with van der Waals surface area (Å²) in [6.45, 7) is 2.52. The Kier molecular flexibility index (Phi) is 4.85. The van der Waals surface area contributed by atoms with E-state index in [1.807, 2.05) is 6.92 Å². The Labute approximate surface area is 122 Å². The van der Waals surface area contributed by atoms with Gasteiger partial charge in [0.25, 0.3) is 0 Å². The highest BCUT2D eigenvalue weighted by molar-refractivity contribution is 5.49. The molecule has 2 aromatic rings. The molecule has 21 heavy (non-hydrogen) atoms. The van der Waals surface area contributed by atoms with Gasteiger partial charge in [0, 0.05) is 30.4 Å². The molecule has 0 aliphatic carbocycles. The minimum atomic E-state index is -0.652. The molecule has 112 valence electrons. The lowest BCUT2D eigenvalue weighted by Crippen LogP contribution is -2.34. The second-order valence-electron chi connectivity index (χ2n) is 4.68. The Balaban J connectivity index is 2.42. The highest BCUT2D eigenvalue weighted by Gasteiger charge is 2.22. The van der Waals surface area contributed by atoms with Gasteiger partial charge < -0.3 is 10.6 Å². The molecule has 0 saturated carbocycles. The van der Waals surface area contributed by atoms with E-state index in [1.54, 1.807) is 17.0 Å². The van der Waals surface area contributed by atoms with E-state index >= 15 is 0 Å². The highest BCUT2D eigenvalue weighted by Crippen LogP contribution is 2.28. The maximum absolute atomic E-state index is 14.0. The van der Waals surface area contributed by atoms with Crippen molar-refractivity contribution in [1.82, 2.24) is 0 Å².